The number of aromatic carboxylic acids is 1. The molecule has 6 nitrogen and oxygen atoms in total. The van der Waals surface area contributed by atoms with E-state index in [1.54, 1.807) is 6.07 Å². The Morgan fingerprint density at radius 2 is 2.30 bits per heavy atom. The lowest BCUT2D eigenvalue weighted by Gasteiger charge is -2.21. The highest BCUT2D eigenvalue weighted by atomic mass is 32.1. The minimum absolute atomic E-state index is 0.233. The van der Waals surface area contributed by atoms with E-state index < -0.39 is 11.9 Å². The first-order valence-electron chi connectivity index (χ1n) is 6.23. The van der Waals surface area contributed by atoms with E-state index in [2.05, 4.69) is 5.48 Å². The van der Waals surface area contributed by atoms with Crippen molar-refractivity contribution < 1.29 is 24.3 Å². The first kappa shape index (κ1) is 14.7. The zero-order chi connectivity index (χ0) is 14.4. The van der Waals surface area contributed by atoms with Gasteiger partial charge in [-0.15, -0.1) is 11.3 Å². The predicted molar refractivity (Wildman–Crippen MR) is 73.1 cm³/mol. The maximum atomic E-state index is 11.5. The molecule has 0 aliphatic carbocycles. The maximum absolute atomic E-state index is 11.5. The zero-order valence-electron chi connectivity index (χ0n) is 10.7. The molecule has 1 fully saturated rings. The second-order valence-electron chi connectivity index (χ2n) is 4.22. The molecule has 1 amide bonds. The number of rotatable bonds is 5. The fourth-order valence-electron chi connectivity index (χ4n) is 1.68. The van der Waals surface area contributed by atoms with Crippen LogP contribution in [0.1, 0.15) is 33.8 Å². The lowest BCUT2D eigenvalue weighted by molar-refractivity contribution is -0.198. The van der Waals surface area contributed by atoms with Crippen molar-refractivity contribution in [1.29, 1.82) is 0 Å². The summed E-state index contributed by atoms with van der Waals surface area (Å²) in [6.45, 7) is 0.642. The van der Waals surface area contributed by atoms with E-state index in [4.69, 9.17) is 14.7 Å². The van der Waals surface area contributed by atoms with Gasteiger partial charge in [0.1, 0.15) is 4.88 Å². The van der Waals surface area contributed by atoms with Crippen LogP contribution in [0, 0.1) is 0 Å². The Hall–Kier alpha value is -1.70. The number of ether oxygens (including phenoxy) is 1. The van der Waals surface area contributed by atoms with Gasteiger partial charge in [0.15, 0.2) is 6.29 Å². The summed E-state index contributed by atoms with van der Waals surface area (Å²) in [4.78, 5) is 28.2. The van der Waals surface area contributed by atoms with Gasteiger partial charge in [0.05, 0.1) is 0 Å². The number of hydrogen-bond acceptors (Lipinski definition) is 5. The molecule has 1 aliphatic rings. The molecule has 0 spiro atoms. The SMILES string of the molecule is O=C(/C=C/c1ccc(C(=O)O)s1)NOC1CCCCO1. The summed E-state index contributed by atoms with van der Waals surface area (Å²) in [7, 11) is 0. The third-order valence-electron chi connectivity index (χ3n) is 2.67. The van der Waals surface area contributed by atoms with Crippen LogP contribution in [0.4, 0.5) is 0 Å². The van der Waals surface area contributed by atoms with Crippen molar-refractivity contribution in [3.8, 4) is 0 Å². The van der Waals surface area contributed by atoms with Crippen LogP contribution in [-0.2, 0) is 14.4 Å². The van der Waals surface area contributed by atoms with Crippen molar-refractivity contribution in [2.45, 2.75) is 25.6 Å². The molecule has 0 radical (unpaired) electrons. The van der Waals surface area contributed by atoms with Gasteiger partial charge in [0.25, 0.3) is 5.91 Å². The second-order valence-corrected chi connectivity index (χ2v) is 5.34. The molecule has 2 heterocycles. The first-order valence-corrected chi connectivity index (χ1v) is 7.05. The minimum atomic E-state index is -0.975. The molecule has 1 saturated heterocycles. The Bertz CT molecular complexity index is 505. The smallest absolute Gasteiger partial charge is 0.345 e. The van der Waals surface area contributed by atoms with Gasteiger partial charge in [-0.1, -0.05) is 0 Å². The van der Waals surface area contributed by atoms with E-state index >= 15 is 0 Å². The summed E-state index contributed by atoms with van der Waals surface area (Å²) in [5.74, 6) is -1.39. The average molecular weight is 297 g/mol. The van der Waals surface area contributed by atoms with Crippen LogP contribution in [0.3, 0.4) is 0 Å². The number of thiophene rings is 1. The van der Waals surface area contributed by atoms with Crippen LogP contribution in [0.25, 0.3) is 6.08 Å². The number of carbonyl (C=O) groups is 2. The van der Waals surface area contributed by atoms with E-state index in [9.17, 15) is 9.59 Å². The maximum Gasteiger partial charge on any atom is 0.345 e. The van der Waals surface area contributed by atoms with Crippen molar-refractivity contribution in [1.82, 2.24) is 5.48 Å². The van der Waals surface area contributed by atoms with E-state index in [0.717, 1.165) is 30.6 Å². The number of amides is 1. The molecule has 0 aromatic carbocycles. The first-order chi connectivity index (χ1) is 9.65. The lowest BCUT2D eigenvalue weighted by atomic mass is 10.2. The third kappa shape index (κ3) is 4.44. The van der Waals surface area contributed by atoms with Gasteiger partial charge in [-0.25, -0.2) is 15.1 Å². The molecule has 2 rings (SSSR count). The van der Waals surface area contributed by atoms with Crippen LogP contribution in [-0.4, -0.2) is 29.9 Å². The fourth-order valence-corrected chi connectivity index (χ4v) is 2.43. The van der Waals surface area contributed by atoms with Crippen LogP contribution in [0.2, 0.25) is 0 Å². The molecule has 1 atom stereocenters. The Morgan fingerprint density at radius 1 is 1.45 bits per heavy atom. The quantitative estimate of drug-likeness (QED) is 0.641. The minimum Gasteiger partial charge on any atom is -0.477 e. The number of carbonyl (C=O) groups excluding carboxylic acids is 1. The molecule has 1 aliphatic heterocycles. The Morgan fingerprint density at radius 3 is 2.95 bits per heavy atom. The molecule has 108 valence electrons. The van der Waals surface area contributed by atoms with E-state index in [-0.39, 0.29) is 11.2 Å². The lowest BCUT2D eigenvalue weighted by Crippen LogP contribution is -2.32. The predicted octanol–water partition coefficient (Wildman–Crippen LogP) is 2.03. The highest BCUT2D eigenvalue weighted by Gasteiger charge is 2.14. The standard InChI is InChI=1S/C13H15NO5S/c15-11(14-19-12-3-1-2-8-18-12)7-5-9-4-6-10(20-9)13(16)17/h4-7,12H,1-3,8H2,(H,14,15)(H,16,17)/b7-5+. The van der Waals surface area contributed by atoms with Crippen molar-refractivity contribution >= 4 is 29.3 Å². The Labute approximate surface area is 120 Å². The van der Waals surface area contributed by atoms with Gasteiger partial charge in [-0.2, -0.15) is 0 Å². The van der Waals surface area contributed by atoms with Crippen molar-refractivity contribution in [2.75, 3.05) is 6.61 Å². The summed E-state index contributed by atoms with van der Waals surface area (Å²) in [5, 5.41) is 8.78. The topological polar surface area (TPSA) is 84.9 Å². The van der Waals surface area contributed by atoms with Gasteiger partial charge in [0, 0.05) is 24.0 Å². The van der Waals surface area contributed by atoms with Gasteiger partial charge < -0.3 is 9.84 Å². The van der Waals surface area contributed by atoms with Gasteiger partial charge in [0.2, 0.25) is 0 Å². The molecule has 2 N–H and O–H groups in total. The Balaban J connectivity index is 1.77. The largest absolute Gasteiger partial charge is 0.477 e. The van der Waals surface area contributed by atoms with E-state index in [1.807, 2.05) is 0 Å². The van der Waals surface area contributed by atoms with Gasteiger partial charge >= 0.3 is 5.97 Å². The van der Waals surface area contributed by atoms with Gasteiger partial charge in [-0.3, -0.25) is 4.79 Å². The summed E-state index contributed by atoms with van der Waals surface area (Å²) >= 11 is 1.10. The normalized spacial score (nSPS) is 19.1. The monoisotopic (exact) mass is 297 g/mol. The van der Waals surface area contributed by atoms with Crippen LogP contribution in [0.5, 0.6) is 0 Å². The van der Waals surface area contributed by atoms with Crippen LogP contribution in [0.15, 0.2) is 18.2 Å². The molecule has 1 unspecified atom stereocenters. The average Bonchev–Trinajstić information content (AvgIpc) is 2.93. The summed E-state index contributed by atoms with van der Waals surface area (Å²) in [6, 6.07) is 3.14. The van der Waals surface area contributed by atoms with Gasteiger partial charge in [-0.05, 0) is 31.1 Å². The van der Waals surface area contributed by atoms with Crippen LogP contribution < -0.4 is 5.48 Å². The molecular weight excluding hydrogens is 282 g/mol. The second kappa shape index (κ2) is 7.18. The highest BCUT2D eigenvalue weighted by Crippen LogP contribution is 2.17. The van der Waals surface area contributed by atoms with Crippen LogP contribution >= 0.6 is 11.3 Å². The Kier molecular flexibility index (Phi) is 5.28. The summed E-state index contributed by atoms with van der Waals surface area (Å²) in [5.41, 5.74) is 2.29. The molecule has 1 aromatic heterocycles. The van der Waals surface area contributed by atoms with Crippen molar-refractivity contribution in [3.63, 3.8) is 0 Å². The molecule has 7 heteroatoms. The molecule has 20 heavy (non-hydrogen) atoms. The van der Waals surface area contributed by atoms with E-state index in [1.165, 1.54) is 18.2 Å². The van der Waals surface area contributed by atoms with E-state index in [0.29, 0.717) is 11.5 Å². The highest BCUT2D eigenvalue weighted by molar-refractivity contribution is 7.14. The molecule has 0 saturated carbocycles. The van der Waals surface area contributed by atoms with Crippen molar-refractivity contribution in [2.24, 2.45) is 0 Å². The molecule has 1 aromatic rings. The number of hydroxylamine groups is 1. The third-order valence-corrected chi connectivity index (χ3v) is 3.70. The summed E-state index contributed by atoms with van der Waals surface area (Å²) in [6.07, 6.45) is 5.23. The number of carboxylic acid groups (broad SMARTS) is 1. The fraction of sp³-hybridized carbons (Fsp3) is 0.385. The molecule has 0 bridgehead atoms. The summed E-state index contributed by atoms with van der Waals surface area (Å²) < 4.78 is 5.30. The number of hydrogen-bond donors (Lipinski definition) is 2. The number of nitrogens with one attached hydrogen (secondary N) is 1. The van der Waals surface area contributed by atoms with Crippen molar-refractivity contribution in [3.05, 3.63) is 28.0 Å². The zero-order valence-corrected chi connectivity index (χ0v) is 11.5. The number of carboxylic acids is 1. The molecular formula is C13H15NO5S.